The number of hydrogen-bond donors (Lipinski definition) is 0. The molecule has 51 heavy (non-hydrogen) atoms. The van der Waals surface area contributed by atoms with Crippen LogP contribution in [-0.2, 0) is 0 Å². The van der Waals surface area contributed by atoms with E-state index in [0.29, 0.717) is 0 Å². The van der Waals surface area contributed by atoms with Crippen LogP contribution in [0.2, 0.25) is 0 Å². The molecule has 0 N–H and O–H groups in total. The van der Waals surface area contributed by atoms with E-state index < -0.39 is 0 Å². The molecule has 0 fully saturated rings. The lowest BCUT2D eigenvalue weighted by molar-refractivity contribution is 0.413. The molecule has 4 aromatic heterocycles. The Morgan fingerprint density at radius 1 is 0.412 bits per heavy atom. The van der Waals surface area contributed by atoms with E-state index >= 15 is 0 Å². The zero-order valence-electron chi connectivity index (χ0n) is 28.7. The largest absolute Gasteiger partial charge is 0.494 e. The Morgan fingerprint density at radius 3 is 1.25 bits per heavy atom. The maximum absolute atomic E-state index is 7.09. The lowest BCUT2D eigenvalue weighted by atomic mass is 9.98. The van der Waals surface area contributed by atoms with Gasteiger partial charge in [-0.1, -0.05) is 84.9 Å². The van der Waals surface area contributed by atoms with Crippen molar-refractivity contribution in [2.45, 2.75) is 20.8 Å². The van der Waals surface area contributed by atoms with E-state index in [-0.39, 0.29) is 0 Å². The van der Waals surface area contributed by atoms with E-state index in [0.717, 1.165) is 99.8 Å². The minimum atomic E-state index is 0.754. The van der Waals surface area contributed by atoms with Gasteiger partial charge in [-0.15, -0.1) is 0 Å². The van der Waals surface area contributed by atoms with Crippen molar-refractivity contribution in [2.75, 3.05) is 7.11 Å². The molecule has 5 nitrogen and oxygen atoms in total. The van der Waals surface area contributed by atoms with Crippen LogP contribution in [-0.4, -0.2) is 16.2 Å². The highest BCUT2D eigenvalue weighted by atomic mass is 16.5. The predicted molar refractivity (Wildman–Crippen MR) is 210 cm³/mol. The molecule has 0 aliphatic carbocycles. The molecule has 7 aromatic carbocycles. The first-order valence-corrected chi connectivity index (χ1v) is 17.4. The Balaban J connectivity index is 1.26. The highest BCUT2D eigenvalue weighted by Crippen LogP contribution is 2.48. The van der Waals surface area contributed by atoms with Crippen LogP contribution >= 0.6 is 0 Å². The molecule has 4 heterocycles. The third kappa shape index (κ3) is 3.55. The Labute approximate surface area is 292 Å². The number of hydrogen-bond acceptors (Lipinski definition) is 3. The molecule has 11 aromatic rings. The smallest absolute Gasteiger partial charge is 0.163 e. The standard InChI is InChI=1S/C46H32N2O3/c1-25-21-22-32-39-26(2)44-40(27(3)43(39)50-45(32)41(25)47-34-17-9-5-13-28(34)29-14-6-10-18-35(29)47)33-23-24-38(49-4)42(46(33)51-44)48-36-19-11-7-15-30(36)31-16-8-12-20-37(31)48/h5-24H,1-4H3. The van der Waals surface area contributed by atoms with E-state index in [1.165, 1.54) is 21.5 Å². The summed E-state index contributed by atoms with van der Waals surface area (Å²) in [5.74, 6) is 0.754. The van der Waals surface area contributed by atoms with Gasteiger partial charge in [-0.3, -0.25) is 0 Å². The summed E-state index contributed by atoms with van der Waals surface area (Å²) in [6.45, 7) is 6.51. The normalized spacial score (nSPS) is 12.3. The number of aromatic nitrogens is 2. The van der Waals surface area contributed by atoms with E-state index in [1.807, 2.05) is 0 Å². The second-order valence-corrected chi connectivity index (χ2v) is 13.7. The number of rotatable bonds is 3. The Bertz CT molecular complexity index is 3170. The van der Waals surface area contributed by atoms with Gasteiger partial charge in [-0.2, -0.15) is 0 Å². The van der Waals surface area contributed by atoms with E-state index in [4.69, 9.17) is 13.6 Å². The average Bonchev–Trinajstić information content (AvgIpc) is 3.92. The molecule has 0 aliphatic rings. The lowest BCUT2D eigenvalue weighted by Gasteiger charge is -2.13. The Morgan fingerprint density at radius 2 is 0.804 bits per heavy atom. The fourth-order valence-corrected chi connectivity index (χ4v) is 8.85. The van der Waals surface area contributed by atoms with Gasteiger partial charge in [0.2, 0.25) is 0 Å². The molecule has 0 amide bonds. The van der Waals surface area contributed by atoms with Crippen LogP contribution in [0.15, 0.2) is 130 Å². The quantitative estimate of drug-likeness (QED) is 0.189. The van der Waals surface area contributed by atoms with Gasteiger partial charge in [0.1, 0.15) is 22.6 Å². The van der Waals surface area contributed by atoms with Crippen molar-refractivity contribution < 1.29 is 13.6 Å². The summed E-state index contributed by atoms with van der Waals surface area (Å²) in [6, 6.07) is 43.0. The summed E-state index contributed by atoms with van der Waals surface area (Å²) in [5.41, 5.74) is 13.2. The summed E-state index contributed by atoms with van der Waals surface area (Å²) in [6.07, 6.45) is 0. The fraction of sp³-hybridized carbons (Fsp3) is 0.0870. The molecule has 0 atom stereocenters. The molecular formula is C46H32N2O3. The van der Waals surface area contributed by atoms with Crippen LogP contribution in [0.25, 0.3) is 98.9 Å². The zero-order valence-corrected chi connectivity index (χ0v) is 28.7. The van der Waals surface area contributed by atoms with Gasteiger partial charge in [0, 0.05) is 54.2 Å². The van der Waals surface area contributed by atoms with Gasteiger partial charge < -0.3 is 22.7 Å². The summed E-state index contributed by atoms with van der Waals surface area (Å²) in [7, 11) is 1.73. The Hall–Kier alpha value is -6.46. The number of furan rings is 2. The van der Waals surface area contributed by atoms with Crippen LogP contribution in [0.3, 0.4) is 0 Å². The monoisotopic (exact) mass is 660 g/mol. The van der Waals surface area contributed by atoms with Gasteiger partial charge in [0.15, 0.2) is 11.2 Å². The first-order valence-electron chi connectivity index (χ1n) is 17.4. The lowest BCUT2D eigenvalue weighted by Crippen LogP contribution is -1.98. The number of nitrogens with zero attached hydrogens (tertiary/aromatic N) is 2. The van der Waals surface area contributed by atoms with Crippen LogP contribution in [0.5, 0.6) is 5.75 Å². The number of para-hydroxylation sites is 4. The van der Waals surface area contributed by atoms with Crippen LogP contribution in [0.4, 0.5) is 0 Å². The predicted octanol–water partition coefficient (Wildman–Crippen LogP) is 12.6. The van der Waals surface area contributed by atoms with Crippen molar-refractivity contribution >= 4 is 87.5 Å². The number of aryl methyl sites for hydroxylation is 3. The van der Waals surface area contributed by atoms with E-state index in [2.05, 4.69) is 151 Å². The first kappa shape index (κ1) is 28.4. The highest BCUT2D eigenvalue weighted by Gasteiger charge is 2.27. The van der Waals surface area contributed by atoms with Gasteiger partial charge >= 0.3 is 0 Å². The van der Waals surface area contributed by atoms with Crippen molar-refractivity contribution in [3.8, 4) is 17.1 Å². The van der Waals surface area contributed by atoms with Gasteiger partial charge in [-0.25, -0.2) is 0 Å². The molecule has 5 heteroatoms. The van der Waals surface area contributed by atoms with E-state index in [1.54, 1.807) is 7.11 Å². The molecule has 244 valence electrons. The Kier molecular flexibility index (Phi) is 5.59. The number of benzene rings is 7. The summed E-state index contributed by atoms with van der Waals surface area (Å²) in [5, 5.41) is 9.09. The minimum absolute atomic E-state index is 0.754. The third-order valence-electron chi connectivity index (χ3n) is 11.1. The van der Waals surface area contributed by atoms with Crippen molar-refractivity contribution in [3.05, 3.63) is 138 Å². The zero-order chi connectivity index (χ0) is 34.1. The number of ether oxygens (including phenoxy) is 1. The van der Waals surface area contributed by atoms with Crippen molar-refractivity contribution in [3.63, 3.8) is 0 Å². The summed E-state index contributed by atoms with van der Waals surface area (Å²) < 4.78 is 24.9. The highest BCUT2D eigenvalue weighted by molar-refractivity contribution is 6.22. The number of methoxy groups -OCH3 is 1. The minimum Gasteiger partial charge on any atom is -0.494 e. The SMILES string of the molecule is COc1ccc2c(oc3c(C)c4c(oc5c(-n6c7ccccc7c7ccccc76)c(C)ccc54)c(C)c32)c1-n1c2ccccc2c2ccccc21. The molecule has 0 saturated heterocycles. The van der Waals surface area contributed by atoms with Crippen LogP contribution < -0.4 is 4.74 Å². The maximum atomic E-state index is 7.09. The first-order chi connectivity index (χ1) is 25.0. The van der Waals surface area contributed by atoms with Crippen LogP contribution in [0.1, 0.15) is 16.7 Å². The molecule has 11 rings (SSSR count). The molecular weight excluding hydrogens is 629 g/mol. The topological polar surface area (TPSA) is 45.4 Å². The summed E-state index contributed by atoms with van der Waals surface area (Å²) >= 11 is 0. The second kappa shape index (κ2) is 10.1. The van der Waals surface area contributed by atoms with Crippen LogP contribution in [0, 0.1) is 20.8 Å². The van der Waals surface area contributed by atoms with Crippen molar-refractivity contribution in [2.24, 2.45) is 0 Å². The fourth-order valence-electron chi connectivity index (χ4n) is 8.85. The van der Waals surface area contributed by atoms with Gasteiger partial charge in [0.05, 0.1) is 34.9 Å². The summed E-state index contributed by atoms with van der Waals surface area (Å²) in [4.78, 5) is 0. The van der Waals surface area contributed by atoms with Crippen molar-refractivity contribution in [1.29, 1.82) is 0 Å². The molecule has 0 unspecified atom stereocenters. The second-order valence-electron chi connectivity index (χ2n) is 13.7. The molecule has 0 spiro atoms. The third-order valence-corrected chi connectivity index (χ3v) is 11.1. The number of fused-ring (bicyclic) bond motifs is 12. The maximum Gasteiger partial charge on any atom is 0.163 e. The molecule has 0 saturated carbocycles. The van der Waals surface area contributed by atoms with Gasteiger partial charge in [0.25, 0.3) is 0 Å². The molecule has 0 bridgehead atoms. The average molecular weight is 661 g/mol. The molecule has 0 aliphatic heterocycles. The van der Waals surface area contributed by atoms with Crippen molar-refractivity contribution in [1.82, 2.24) is 9.13 Å². The molecule has 0 radical (unpaired) electrons. The van der Waals surface area contributed by atoms with E-state index in [9.17, 15) is 0 Å². The van der Waals surface area contributed by atoms with Gasteiger partial charge in [-0.05, 0) is 62.7 Å².